The first kappa shape index (κ1) is 19.1. The van der Waals surface area contributed by atoms with Crippen molar-refractivity contribution in [3.05, 3.63) is 71.2 Å². The minimum Gasteiger partial charge on any atom is -0.503 e. The predicted molar refractivity (Wildman–Crippen MR) is 96.5 cm³/mol. The van der Waals surface area contributed by atoms with Crippen LogP contribution in [0.1, 0.15) is 18.5 Å². The van der Waals surface area contributed by atoms with Gasteiger partial charge in [0.2, 0.25) is 0 Å². The number of aliphatic carboxylic acids is 1. The molecule has 1 atom stereocenters. The predicted octanol–water partition coefficient (Wildman–Crippen LogP) is 2.78. The Bertz CT molecular complexity index is 982. The number of ether oxygens (including phenoxy) is 1. The van der Waals surface area contributed by atoms with Gasteiger partial charge in [0.1, 0.15) is 11.6 Å². The Morgan fingerprint density at radius 3 is 2.43 bits per heavy atom. The number of halogens is 1. The SMILES string of the molecule is CC(=O)C1=C(O)C(=O)N(c2ccc(OCC(=O)O)cc2)C1c1cccc(F)c1. The van der Waals surface area contributed by atoms with Crippen molar-refractivity contribution in [1.82, 2.24) is 0 Å². The molecular formula is C20H16FNO6. The van der Waals surface area contributed by atoms with E-state index in [4.69, 9.17) is 9.84 Å². The van der Waals surface area contributed by atoms with Crippen LogP contribution in [0.4, 0.5) is 10.1 Å². The molecular weight excluding hydrogens is 369 g/mol. The van der Waals surface area contributed by atoms with E-state index in [-0.39, 0.29) is 11.3 Å². The summed E-state index contributed by atoms with van der Waals surface area (Å²) in [6, 6.07) is 10.3. The number of aliphatic hydroxyl groups excluding tert-OH is 1. The summed E-state index contributed by atoms with van der Waals surface area (Å²) >= 11 is 0. The van der Waals surface area contributed by atoms with Crippen LogP contribution in [0.5, 0.6) is 5.75 Å². The molecule has 0 bridgehead atoms. The fourth-order valence-electron chi connectivity index (χ4n) is 3.07. The highest BCUT2D eigenvalue weighted by Gasteiger charge is 2.43. The number of amides is 1. The summed E-state index contributed by atoms with van der Waals surface area (Å²) in [5.41, 5.74) is 0.528. The molecule has 0 spiro atoms. The highest BCUT2D eigenvalue weighted by atomic mass is 19.1. The van der Waals surface area contributed by atoms with E-state index in [0.29, 0.717) is 11.3 Å². The van der Waals surface area contributed by atoms with Crippen LogP contribution in [0.2, 0.25) is 0 Å². The number of Topliss-reactive ketones (excluding diaryl/α,β-unsaturated/α-hetero) is 1. The Morgan fingerprint density at radius 2 is 1.86 bits per heavy atom. The van der Waals surface area contributed by atoms with Crippen LogP contribution >= 0.6 is 0 Å². The maximum atomic E-state index is 13.7. The molecule has 1 unspecified atom stereocenters. The second-order valence-electron chi connectivity index (χ2n) is 6.13. The zero-order valence-corrected chi connectivity index (χ0v) is 14.8. The second-order valence-corrected chi connectivity index (χ2v) is 6.13. The van der Waals surface area contributed by atoms with E-state index in [0.717, 1.165) is 0 Å². The van der Waals surface area contributed by atoms with Crippen molar-refractivity contribution in [3.63, 3.8) is 0 Å². The monoisotopic (exact) mass is 385 g/mol. The first-order valence-electron chi connectivity index (χ1n) is 8.27. The molecule has 0 radical (unpaired) electrons. The minimum absolute atomic E-state index is 0.123. The van der Waals surface area contributed by atoms with Gasteiger partial charge < -0.3 is 14.9 Å². The molecule has 0 saturated carbocycles. The number of nitrogens with zero attached hydrogens (tertiary/aromatic N) is 1. The van der Waals surface area contributed by atoms with Gasteiger partial charge >= 0.3 is 5.97 Å². The zero-order valence-electron chi connectivity index (χ0n) is 14.8. The number of hydrogen-bond acceptors (Lipinski definition) is 5. The van der Waals surface area contributed by atoms with Crippen molar-refractivity contribution in [2.45, 2.75) is 13.0 Å². The third-order valence-electron chi connectivity index (χ3n) is 4.23. The van der Waals surface area contributed by atoms with Crippen molar-refractivity contribution in [2.24, 2.45) is 0 Å². The first-order valence-corrected chi connectivity index (χ1v) is 8.27. The Hall–Kier alpha value is -3.68. The molecule has 144 valence electrons. The van der Waals surface area contributed by atoms with Crippen LogP contribution in [0.15, 0.2) is 59.9 Å². The third kappa shape index (κ3) is 3.57. The van der Waals surface area contributed by atoms with Crippen LogP contribution < -0.4 is 9.64 Å². The zero-order chi connectivity index (χ0) is 20.4. The maximum absolute atomic E-state index is 13.7. The van der Waals surface area contributed by atoms with Crippen molar-refractivity contribution >= 4 is 23.3 Å². The molecule has 1 aliphatic heterocycles. The molecule has 2 N–H and O–H groups in total. The number of carbonyl (C=O) groups is 3. The van der Waals surface area contributed by atoms with Gasteiger partial charge in [-0.05, 0) is 48.9 Å². The lowest BCUT2D eigenvalue weighted by Gasteiger charge is -2.26. The summed E-state index contributed by atoms with van der Waals surface area (Å²) in [5, 5.41) is 18.9. The Balaban J connectivity index is 2.02. The fraction of sp³-hybridized carbons (Fsp3) is 0.150. The average Bonchev–Trinajstić information content (AvgIpc) is 2.92. The molecule has 2 aromatic rings. The molecule has 8 heteroatoms. The van der Waals surface area contributed by atoms with Crippen molar-refractivity contribution < 1.29 is 33.7 Å². The van der Waals surface area contributed by atoms with E-state index >= 15 is 0 Å². The molecule has 1 aliphatic rings. The quantitative estimate of drug-likeness (QED) is 0.792. The maximum Gasteiger partial charge on any atom is 0.341 e. The lowest BCUT2D eigenvalue weighted by atomic mass is 9.96. The van der Waals surface area contributed by atoms with E-state index in [1.54, 1.807) is 6.07 Å². The highest BCUT2D eigenvalue weighted by molar-refractivity contribution is 6.16. The molecule has 28 heavy (non-hydrogen) atoms. The summed E-state index contributed by atoms with van der Waals surface area (Å²) in [4.78, 5) is 36.5. The molecule has 0 saturated heterocycles. The number of anilines is 1. The van der Waals surface area contributed by atoms with Gasteiger partial charge in [0, 0.05) is 5.69 Å². The summed E-state index contributed by atoms with van der Waals surface area (Å²) < 4.78 is 18.8. The van der Waals surface area contributed by atoms with Gasteiger partial charge in [0.05, 0.1) is 11.6 Å². The standard InChI is InChI=1S/C20H16FNO6/c1-11(23)17-18(12-3-2-4-13(21)9-12)22(20(27)19(17)26)14-5-7-15(8-6-14)28-10-16(24)25/h2-9,18,26H,10H2,1H3,(H,24,25). The smallest absolute Gasteiger partial charge is 0.341 e. The number of carbonyl (C=O) groups excluding carboxylic acids is 2. The van der Waals surface area contributed by atoms with Crippen molar-refractivity contribution in [3.8, 4) is 5.75 Å². The van der Waals surface area contributed by atoms with Gasteiger partial charge in [-0.15, -0.1) is 0 Å². The number of aliphatic hydroxyl groups is 1. The molecule has 2 aromatic carbocycles. The molecule has 1 heterocycles. The van der Waals surface area contributed by atoms with Gasteiger partial charge in [-0.1, -0.05) is 12.1 Å². The molecule has 0 aliphatic carbocycles. The van der Waals surface area contributed by atoms with E-state index in [2.05, 4.69) is 0 Å². The first-order chi connectivity index (χ1) is 13.3. The number of rotatable bonds is 6. The average molecular weight is 385 g/mol. The number of ketones is 1. The Labute approximate surface area is 159 Å². The van der Waals surface area contributed by atoms with Crippen LogP contribution in [0.3, 0.4) is 0 Å². The highest BCUT2D eigenvalue weighted by Crippen LogP contribution is 2.41. The lowest BCUT2D eigenvalue weighted by molar-refractivity contribution is -0.139. The normalized spacial score (nSPS) is 16.4. The summed E-state index contributed by atoms with van der Waals surface area (Å²) in [5.74, 6) is -3.40. The van der Waals surface area contributed by atoms with Crippen molar-refractivity contribution in [2.75, 3.05) is 11.5 Å². The van der Waals surface area contributed by atoms with Gasteiger partial charge in [-0.2, -0.15) is 0 Å². The number of carboxylic acids is 1. The van der Waals surface area contributed by atoms with Gasteiger partial charge in [-0.3, -0.25) is 14.5 Å². The van der Waals surface area contributed by atoms with Gasteiger partial charge in [0.25, 0.3) is 5.91 Å². The van der Waals surface area contributed by atoms with Crippen LogP contribution in [-0.4, -0.2) is 34.5 Å². The summed E-state index contributed by atoms with van der Waals surface area (Å²) in [6.07, 6.45) is 0. The van der Waals surface area contributed by atoms with E-state index in [1.165, 1.54) is 54.3 Å². The molecule has 1 amide bonds. The van der Waals surface area contributed by atoms with E-state index < -0.39 is 41.9 Å². The molecule has 0 fully saturated rings. The molecule has 3 rings (SSSR count). The minimum atomic E-state index is -1.13. The van der Waals surface area contributed by atoms with E-state index in [1.807, 2.05) is 0 Å². The Morgan fingerprint density at radius 1 is 1.18 bits per heavy atom. The number of benzene rings is 2. The van der Waals surface area contributed by atoms with Crippen molar-refractivity contribution in [1.29, 1.82) is 0 Å². The van der Waals surface area contributed by atoms with Gasteiger partial charge in [0.15, 0.2) is 18.1 Å². The van der Waals surface area contributed by atoms with Crippen LogP contribution in [0.25, 0.3) is 0 Å². The number of hydrogen-bond donors (Lipinski definition) is 2. The van der Waals surface area contributed by atoms with E-state index in [9.17, 15) is 23.9 Å². The lowest BCUT2D eigenvalue weighted by Crippen LogP contribution is -2.30. The summed E-state index contributed by atoms with van der Waals surface area (Å²) in [7, 11) is 0. The fourth-order valence-corrected chi connectivity index (χ4v) is 3.07. The molecule has 7 nitrogen and oxygen atoms in total. The Kier molecular flexibility index (Phi) is 5.12. The number of carboxylic acid groups (broad SMARTS) is 1. The van der Waals surface area contributed by atoms with Crippen LogP contribution in [0, 0.1) is 5.82 Å². The second kappa shape index (κ2) is 7.51. The molecule has 0 aromatic heterocycles. The summed E-state index contributed by atoms with van der Waals surface area (Å²) in [6.45, 7) is 0.697. The topological polar surface area (TPSA) is 104 Å². The largest absolute Gasteiger partial charge is 0.503 e. The third-order valence-corrected chi connectivity index (χ3v) is 4.23. The van der Waals surface area contributed by atoms with Crippen LogP contribution in [-0.2, 0) is 14.4 Å². The van der Waals surface area contributed by atoms with Gasteiger partial charge in [-0.25, -0.2) is 9.18 Å².